The first-order chi connectivity index (χ1) is 10.6. The van der Waals surface area contributed by atoms with E-state index < -0.39 is 5.91 Å². The highest BCUT2D eigenvalue weighted by atomic mass is 16.5. The molecule has 1 heterocycles. The molecule has 0 saturated heterocycles. The minimum absolute atomic E-state index is 0.0144. The average molecular weight is 300 g/mol. The number of nitrogen functional groups attached to an aromatic ring is 1. The number of ether oxygens (including phenoxy) is 1. The highest BCUT2D eigenvalue weighted by Crippen LogP contribution is 2.23. The molecule has 1 aromatic heterocycles. The Hall–Kier alpha value is -2.63. The molecule has 0 spiro atoms. The van der Waals surface area contributed by atoms with Gasteiger partial charge in [0, 0.05) is 5.56 Å². The lowest BCUT2D eigenvalue weighted by Gasteiger charge is -2.08. The number of carbonyl (C=O) groups excluding carboxylic acids is 1. The highest BCUT2D eigenvalue weighted by molar-refractivity contribution is 5.92. The van der Waals surface area contributed by atoms with Crippen molar-refractivity contribution in [2.24, 2.45) is 5.73 Å². The fourth-order valence-corrected chi connectivity index (χ4v) is 2.03. The maximum Gasteiger partial charge on any atom is 0.267 e. The summed E-state index contributed by atoms with van der Waals surface area (Å²) in [5.74, 6) is 0.134. The second-order valence-corrected chi connectivity index (χ2v) is 4.94. The summed E-state index contributed by atoms with van der Waals surface area (Å²) in [6, 6.07) is 9.00. The molecule has 1 amide bonds. The van der Waals surface area contributed by atoms with Crippen LogP contribution in [-0.4, -0.2) is 22.5 Å². The van der Waals surface area contributed by atoms with E-state index >= 15 is 0 Å². The number of hydrogen-bond acceptors (Lipinski definition) is 5. The van der Waals surface area contributed by atoms with Crippen LogP contribution in [0.4, 0.5) is 5.95 Å². The normalized spacial score (nSPS) is 10.4. The Balaban J connectivity index is 2.20. The number of nitrogens with zero attached hydrogens (tertiary/aromatic N) is 2. The van der Waals surface area contributed by atoms with Crippen molar-refractivity contribution in [2.75, 3.05) is 12.3 Å². The smallest absolute Gasteiger partial charge is 0.267 e. The molecule has 0 aliphatic rings. The molecular formula is C16H20N4O2. The molecular weight excluding hydrogens is 280 g/mol. The average Bonchev–Trinajstić information content (AvgIpc) is 2.51. The zero-order chi connectivity index (χ0) is 15.9. The number of aromatic nitrogens is 2. The highest BCUT2D eigenvalue weighted by Gasteiger charge is 2.09. The largest absolute Gasteiger partial charge is 0.494 e. The molecule has 116 valence electrons. The summed E-state index contributed by atoms with van der Waals surface area (Å²) in [7, 11) is 0. The predicted molar refractivity (Wildman–Crippen MR) is 85.4 cm³/mol. The predicted octanol–water partition coefficient (Wildman–Crippen LogP) is 2.39. The number of hydrogen-bond donors (Lipinski definition) is 2. The standard InChI is InChI=1S/C16H20N4O2/c1-2-3-4-8-22-12-7-5-6-11(9-12)13-10-14(15(17)21)20-16(18)19-13/h5-7,9-10H,2-4,8H2,1H3,(H2,17,21)(H2,18,19,20). The van der Waals surface area contributed by atoms with Gasteiger partial charge in [0.1, 0.15) is 11.4 Å². The van der Waals surface area contributed by atoms with Gasteiger partial charge in [-0.05, 0) is 24.6 Å². The molecule has 6 nitrogen and oxygen atoms in total. The lowest BCUT2D eigenvalue weighted by molar-refractivity contribution is 0.0995. The zero-order valence-corrected chi connectivity index (χ0v) is 12.6. The van der Waals surface area contributed by atoms with Crippen LogP contribution in [0.2, 0.25) is 0 Å². The van der Waals surface area contributed by atoms with Crippen LogP contribution in [0, 0.1) is 0 Å². The van der Waals surface area contributed by atoms with Crippen molar-refractivity contribution in [2.45, 2.75) is 26.2 Å². The Morgan fingerprint density at radius 1 is 1.23 bits per heavy atom. The lowest BCUT2D eigenvalue weighted by atomic mass is 10.1. The van der Waals surface area contributed by atoms with Crippen LogP contribution in [0.5, 0.6) is 5.75 Å². The van der Waals surface area contributed by atoms with E-state index in [0.717, 1.165) is 30.6 Å². The molecule has 0 saturated carbocycles. The van der Waals surface area contributed by atoms with Gasteiger partial charge in [-0.1, -0.05) is 31.9 Å². The number of benzene rings is 1. The number of carbonyl (C=O) groups is 1. The van der Waals surface area contributed by atoms with Gasteiger partial charge in [0.15, 0.2) is 0 Å². The molecule has 2 rings (SSSR count). The number of unbranched alkanes of at least 4 members (excludes halogenated alkanes) is 2. The summed E-state index contributed by atoms with van der Waals surface area (Å²) in [4.78, 5) is 19.2. The Bertz CT molecular complexity index is 658. The number of anilines is 1. The van der Waals surface area contributed by atoms with Gasteiger partial charge < -0.3 is 16.2 Å². The fourth-order valence-electron chi connectivity index (χ4n) is 2.03. The lowest BCUT2D eigenvalue weighted by Crippen LogP contribution is -2.15. The van der Waals surface area contributed by atoms with Crippen molar-refractivity contribution in [1.82, 2.24) is 9.97 Å². The van der Waals surface area contributed by atoms with E-state index in [9.17, 15) is 4.79 Å². The van der Waals surface area contributed by atoms with Gasteiger partial charge in [-0.3, -0.25) is 4.79 Å². The van der Waals surface area contributed by atoms with Gasteiger partial charge >= 0.3 is 0 Å². The summed E-state index contributed by atoms with van der Waals surface area (Å²) in [5, 5.41) is 0. The van der Waals surface area contributed by atoms with E-state index in [1.54, 1.807) is 0 Å². The zero-order valence-electron chi connectivity index (χ0n) is 12.6. The van der Waals surface area contributed by atoms with Crippen LogP contribution in [-0.2, 0) is 0 Å². The second kappa shape index (κ2) is 7.40. The maximum absolute atomic E-state index is 11.3. The van der Waals surface area contributed by atoms with Gasteiger partial charge in [0.25, 0.3) is 5.91 Å². The topological polar surface area (TPSA) is 104 Å². The summed E-state index contributed by atoms with van der Waals surface area (Å²) in [6.45, 7) is 2.83. The van der Waals surface area contributed by atoms with Crippen molar-refractivity contribution in [3.8, 4) is 17.0 Å². The summed E-state index contributed by atoms with van der Waals surface area (Å²) >= 11 is 0. The third-order valence-corrected chi connectivity index (χ3v) is 3.14. The molecule has 22 heavy (non-hydrogen) atoms. The molecule has 6 heteroatoms. The molecule has 0 radical (unpaired) electrons. The summed E-state index contributed by atoms with van der Waals surface area (Å²) in [5.41, 5.74) is 12.3. The molecule has 0 bridgehead atoms. The van der Waals surface area contributed by atoms with Crippen LogP contribution in [0.3, 0.4) is 0 Å². The Morgan fingerprint density at radius 3 is 2.77 bits per heavy atom. The summed E-state index contributed by atoms with van der Waals surface area (Å²) < 4.78 is 5.71. The van der Waals surface area contributed by atoms with Crippen molar-refractivity contribution in [1.29, 1.82) is 0 Å². The van der Waals surface area contributed by atoms with Crippen molar-refractivity contribution in [3.05, 3.63) is 36.0 Å². The quantitative estimate of drug-likeness (QED) is 0.764. The third kappa shape index (κ3) is 4.18. The van der Waals surface area contributed by atoms with Crippen LogP contribution >= 0.6 is 0 Å². The minimum atomic E-state index is -0.637. The molecule has 1 aromatic carbocycles. The third-order valence-electron chi connectivity index (χ3n) is 3.14. The number of rotatable bonds is 7. The molecule has 0 unspecified atom stereocenters. The summed E-state index contributed by atoms with van der Waals surface area (Å²) in [6.07, 6.45) is 3.32. The van der Waals surface area contributed by atoms with Crippen LogP contribution in [0.25, 0.3) is 11.3 Å². The number of amides is 1. The minimum Gasteiger partial charge on any atom is -0.494 e. The van der Waals surface area contributed by atoms with E-state index in [-0.39, 0.29) is 11.6 Å². The Morgan fingerprint density at radius 2 is 2.05 bits per heavy atom. The van der Waals surface area contributed by atoms with E-state index in [1.165, 1.54) is 6.07 Å². The molecule has 0 fully saturated rings. The van der Waals surface area contributed by atoms with Gasteiger partial charge in [0.05, 0.1) is 12.3 Å². The van der Waals surface area contributed by atoms with E-state index in [0.29, 0.717) is 12.3 Å². The first-order valence-electron chi connectivity index (χ1n) is 7.27. The SMILES string of the molecule is CCCCCOc1cccc(-c2cc(C(N)=O)nc(N)n2)c1. The number of primary amides is 1. The van der Waals surface area contributed by atoms with Crippen LogP contribution < -0.4 is 16.2 Å². The van der Waals surface area contributed by atoms with E-state index in [1.807, 2.05) is 24.3 Å². The van der Waals surface area contributed by atoms with Crippen molar-refractivity contribution < 1.29 is 9.53 Å². The van der Waals surface area contributed by atoms with Gasteiger partial charge in [-0.15, -0.1) is 0 Å². The van der Waals surface area contributed by atoms with Crippen LogP contribution in [0.15, 0.2) is 30.3 Å². The van der Waals surface area contributed by atoms with Crippen molar-refractivity contribution >= 4 is 11.9 Å². The molecule has 2 aromatic rings. The molecule has 0 atom stereocenters. The van der Waals surface area contributed by atoms with Gasteiger partial charge in [0.2, 0.25) is 5.95 Å². The van der Waals surface area contributed by atoms with Gasteiger partial charge in [-0.25, -0.2) is 9.97 Å². The number of nitrogens with two attached hydrogens (primary N) is 2. The Labute approximate surface area is 129 Å². The molecule has 0 aliphatic heterocycles. The monoisotopic (exact) mass is 300 g/mol. The van der Waals surface area contributed by atoms with Crippen molar-refractivity contribution in [3.63, 3.8) is 0 Å². The van der Waals surface area contributed by atoms with Crippen LogP contribution in [0.1, 0.15) is 36.7 Å². The first kappa shape index (κ1) is 15.8. The molecule has 0 aliphatic carbocycles. The Kier molecular flexibility index (Phi) is 5.30. The maximum atomic E-state index is 11.3. The first-order valence-corrected chi connectivity index (χ1v) is 7.27. The molecule has 4 N–H and O–H groups in total. The second-order valence-electron chi connectivity index (χ2n) is 4.94. The van der Waals surface area contributed by atoms with E-state index in [2.05, 4.69) is 16.9 Å². The van der Waals surface area contributed by atoms with Gasteiger partial charge in [-0.2, -0.15) is 0 Å². The van der Waals surface area contributed by atoms with E-state index in [4.69, 9.17) is 16.2 Å². The fraction of sp³-hybridized carbons (Fsp3) is 0.312.